The van der Waals surface area contributed by atoms with Crippen molar-refractivity contribution in [2.24, 2.45) is 0 Å². The molecule has 1 aromatic carbocycles. The molecule has 4 heterocycles. The first kappa shape index (κ1) is 19.9. The predicted molar refractivity (Wildman–Crippen MR) is 115 cm³/mol. The second-order valence-electron chi connectivity index (χ2n) is 6.77. The van der Waals surface area contributed by atoms with Crippen LogP contribution >= 0.6 is 0 Å². The highest BCUT2D eigenvalue weighted by molar-refractivity contribution is 7.84. The molecule has 0 amide bonds. The van der Waals surface area contributed by atoms with Crippen molar-refractivity contribution in [2.45, 2.75) is 12.1 Å². The standard InChI is InChI=1S/C20H15FN8O2S/c1-11-15(31-12-5-6-29-16(7-12)24-10-26-29)4-3-13(17(11)21)27-19-18-14(23-9-25-19)8-22-20(28-18)32(2)30/h3-10H,1-2H3,(H,23,25,27). The first-order valence-electron chi connectivity index (χ1n) is 9.34. The van der Waals surface area contributed by atoms with Gasteiger partial charge in [0.1, 0.15) is 35.2 Å². The molecule has 0 aliphatic heterocycles. The van der Waals surface area contributed by atoms with Crippen molar-refractivity contribution in [1.29, 1.82) is 0 Å². The van der Waals surface area contributed by atoms with E-state index in [-0.39, 0.29) is 16.7 Å². The van der Waals surface area contributed by atoms with Crippen molar-refractivity contribution in [3.63, 3.8) is 0 Å². The van der Waals surface area contributed by atoms with Crippen molar-refractivity contribution < 1.29 is 13.3 Å². The fourth-order valence-corrected chi connectivity index (χ4v) is 3.48. The van der Waals surface area contributed by atoms with Crippen molar-refractivity contribution in [3.05, 3.63) is 60.7 Å². The molecule has 1 atom stereocenters. The molecule has 5 aromatic rings. The minimum Gasteiger partial charge on any atom is -0.457 e. The topological polar surface area (TPSA) is 120 Å². The van der Waals surface area contributed by atoms with Gasteiger partial charge < -0.3 is 10.1 Å². The van der Waals surface area contributed by atoms with Crippen LogP contribution in [0, 0.1) is 12.7 Å². The van der Waals surface area contributed by atoms with Crippen LogP contribution in [0.2, 0.25) is 0 Å². The van der Waals surface area contributed by atoms with Gasteiger partial charge in [-0.3, -0.25) is 4.21 Å². The van der Waals surface area contributed by atoms with Gasteiger partial charge in [0.25, 0.3) is 0 Å². The van der Waals surface area contributed by atoms with Crippen molar-refractivity contribution in [2.75, 3.05) is 11.6 Å². The van der Waals surface area contributed by atoms with Gasteiger partial charge in [0.2, 0.25) is 5.16 Å². The van der Waals surface area contributed by atoms with E-state index in [1.807, 2.05) is 0 Å². The maximum atomic E-state index is 15.2. The second kappa shape index (κ2) is 7.89. The number of nitrogens with one attached hydrogen (secondary N) is 1. The van der Waals surface area contributed by atoms with E-state index in [0.717, 1.165) is 0 Å². The summed E-state index contributed by atoms with van der Waals surface area (Å²) in [5, 5.41) is 7.11. The lowest BCUT2D eigenvalue weighted by Gasteiger charge is -2.14. The molecule has 5 rings (SSSR count). The van der Waals surface area contributed by atoms with Crippen LogP contribution in [0.25, 0.3) is 16.7 Å². The van der Waals surface area contributed by atoms with Gasteiger partial charge in [0.15, 0.2) is 17.3 Å². The lowest BCUT2D eigenvalue weighted by atomic mass is 10.1. The van der Waals surface area contributed by atoms with Gasteiger partial charge in [-0.1, -0.05) is 0 Å². The van der Waals surface area contributed by atoms with Gasteiger partial charge in [0.05, 0.1) is 22.7 Å². The Kier molecular flexibility index (Phi) is 4.90. The summed E-state index contributed by atoms with van der Waals surface area (Å²) < 4.78 is 34.4. The van der Waals surface area contributed by atoms with E-state index < -0.39 is 16.6 Å². The van der Waals surface area contributed by atoms with Crippen LogP contribution in [0.5, 0.6) is 11.5 Å². The number of anilines is 2. The summed E-state index contributed by atoms with van der Waals surface area (Å²) in [5.41, 5.74) is 1.88. The van der Waals surface area contributed by atoms with Crippen LogP contribution in [0.1, 0.15) is 5.56 Å². The smallest absolute Gasteiger partial charge is 0.218 e. The molecular formula is C20H15FN8O2S. The molecular weight excluding hydrogens is 435 g/mol. The number of halogens is 1. The summed E-state index contributed by atoms with van der Waals surface area (Å²) >= 11 is 0. The molecule has 160 valence electrons. The van der Waals surface area contributed by atoms with Crippen LogP contribution in [-0.2, 0) is 10.8 Å². The zero-order valence-electron chi connectivity index (χ0n) is 16.9. The summed E-state index contributed by atoms with van der Waals surface area (Å²) in [6.45, 7) is 1.62. The second-order valence-corrected chi connectivity index (χ2v) is 8.04. The molecule has 12 heteroatoms. The third-order valence-corrected chi connectivity index (χ3v) is 5.39. The van der Waals surface area contributed by atoms with E-state index in [1.165, 1.54) is 25.1 Å². The van der Waals surface area contributed by atoms with E-state index in [0.29, 0.717) is 33.7 Å². The average molecular weight is 450 g/mol. The van der Waals surface area contributed by atoms with Gasteiger partial charge in [-0.15, -0.1) is 0 Å². The zero-order valence-corrected chi connectivity index (χ0v) is 17.7. The molecule has 0 spiro atoms. The highest BCUT2D eigenvalue weighted by Crippen LogP contribution is 2.32. The van der Waals surface area contributed by atoms with E-state index in [4.69, 9.17) is 4.74 Å². The molecule has 1 unspecified atom stereocenters. The first-order valence-corrected chi connectivity index (χ1v) is 10.9. The maximum Gasteiger partial charge on any atom is 0.218 e. The third kappa shape index (κ3) is 3.60. The fraction of sp³-hybridized carbons (Fsp3) is 0.100. The number of pyridine rings is 1. The van der Waals surface area contributed by atoms with Gasteiger partial charge in [-0.2, -0.15) is 5.10 Å². The summed E-state index contributed by atoms with van der Waals surface area (Å²) in [6.07, 6.45) is 7.39. The largest absolute Gasteiger partial charge is 0.457 e. The number of hydrogen-bond acceptors (Lipinski definition) is 9. The molecule has 0 radical (unpaired) electrons. The Morgan fingerprint density at radius 1 is 1.12 bits per heavy atom. The normalized spacial score (nSPS) is 12.2. The molecule has 32 heavy (non-hydrogen) atoms. The number of hydrogen-bond donors (Lipinski definition) is 1. The molecule has 1 N–H and O–H groups in total. The minimum absolute atomic E-state index is 0.139. The van der Waals surface area contributed by atoms with Crippen molar-refractivity contribution in [3.8, 4) is 11.5 Å². The van der Waals surface area contributed by atoms with Crippen molar-refractivity contribution in [1.82, 2.24) is 34.5 Å². The Bertz CT molecular complexity index is 1510. The quantitative estimate of drug-likeness (QED) is 0.403. The molecule has 0 fully saturated rings. The van der Waals surface area contributed by atoms with Crippen LogP contribution in [0.3, 0.4) is 0 Å². The van der Waals surface area contributed by atoms with E-state index >= 15 is 4.39 Å². The maximum absolute atomic E-state index is 15.2. The number of benzene rings is 1. The van der Waals surface area contributed by atoms with Gasteiger partial charge in [-0.25, -0.2) is 33.8 Å². The highest BCUT2D eigenvalue weighted by atomic mass is 32.2. The van der Waals surface area contributed by atoms with Crippen molar-refractivity contribution >= 4 is 39.0 Å². The Morgan fingerprint density at radius 3 is 2.84 bits per heavy atom. The molecule has 4 aromatic heterocycles. The molecule has 0 saturated heterocycles. The number of ether oxygens (including phenoxy) is 1. The van der Waals surface area contributed by atoms with Crippen LogP contribution < -0.4 is 10.1 Å². The predicted octanol–water partition coefficient (Wildman–Crippen LogP) is 3.18. The molecule has 0 saturated carbocycles. The number of aromatic nitrogens is 7. The zero-order chi connectivity index (χ0) is 22.2. The van der Waals surface area contributed by atoms with Gasteiger partial charge in [0, 0.05) is 24.1 Å². The Morgan fingerprint density at radius 2 is 2.00 bits per heavy atom. The van der Waals surface area contributed by atoms with Crippen LogP contribution in [0.4, 0.5) is 15.9 Å². The molecule has 0 bridgehead atoms. The Hall–Kier alpha value is -4.06. The highest BCUT2D eigenvalue weighted by Gasteiger charge is 2.15. The van der Waals surface area contributed by atoms with Crippen LogP contribution in [-0.4, -0.2) is 45.0 Å². The van der Waals surface area contributed by atoms with Gasteiger partial charge in [-0.05, 0) is 25.1 Å². The molecule has 0 aliphatic carbocycles. The molecule has 0 aliphatic rings. The van der Waals surface area contributed by atoms with E-state index in [2.05, 4.69) is 35.3 Å². The average Bonchev–Trinajstić information content (AvgIpc) is 3.26. The molecule has 10 nitrogen and oxygen atoms in total. The SMILES string of the molecule is Cc1c(Oc2ccn3ncnc3c2)ccc(Nc2ncnc3cnc(S(C)=O)nc23)c1F. The Balaban J connectivity index is 1.47. The lowest BCUT2D eigenvalue weighted by Crippen LogP contribution is -2.04. The third-order valence-electron chi connectivity index (χ3n) is 4.68. The number of rotatable bonds is 5. The summed E-state index contributed by atoms with van der Waals surface area (Å²) in [4.78, 5) is 20.7. The minimum atomic E-state index is -1.38. The summed E-state index contributed by atoms with van der Waals surface area (Å²) in [5.74, 6) is 0.627. The fourth-order valence-electron chi connectivity index (χ4n) is 3.06. The summed E-state index contributed by atoms with van der Waals surface area (Å²) in [7, 11) is -1.38. The lowest BCUT2D eigenvalue weighted by molar-refractivity contribution is 0.471. The van der Waals surface area contributed by atoms with Gasteiger partial charge >= 0.3 is 0 Å². The number of fused-ring (bicyclic) bond motifs is 2. The van der Waals surface area contributed by atoms with E-state index in [9.17, 15) is 4.21 Å². The van der Waals surface area contributed by atoms with E-state index in [1.54, 1.807) is 41.9 Å². The van der Waals surface area contributed by atoms with Crippen LogP contribution in [0.15, 0.2) is 54.5 Å². The summed E-state index contributed by atoms with van der Waals surface area (Å²) in [6, 6.07) is 6.62. The Labute approximate surface area is 183 Å². The monoisotopic (exact) mass is 450 g/mol. The number of nitrogens with zero attached hydrogens (tertiary/aromatic N) is 7. The first-order chi connectivity index (χ1) is 15.5.